The van der Waals surface area contributed by atoms with Gasteiger partial charge in [0.2, 0.25) is 5.91 Å². The molecule has 27 heavy (non-hydrogen) atoms. The lowest BCUT2D eigenvalue weighted by molar-refractivity contribution is -0.138. The van der Waals surface area contributed by atoms with E-state index in [1.54, 1.807) is 23.7 Å². The summed E-state index contributed by atoms with van der Waals surface area (Å²) in [5, 5.41) is 11.7. The molecule has 146 valence electrons. The summed E-state index contributed by atoms with van der Waals surface area (Å²) in [6.07, 6.45) is 4.83. The van der Waals surface area contributed by atoms with Crippen LogP contribution in [0.25, 0.3) is 0 Å². The van der Waals surface area contributed by atoms with Crippen molar-refractivity contribution in [2.45, 2.75) is 58.9 Å². The maximum atomic E-state index is 13.4. The second-order valence-corrected chi connectivity index (χ2v) is 7.94. The average Bonchev–Trinajstić information content (AvgIpc) is 3.06. The fourth-order valence-electron chi connectivity index (χ4n) is 4.17. The van der Waals surface area contributed by atoms with Gasteiger partial charge >= 0.3 is 0 Å². The molecule has 0 bridgehead atoms. The Hall–Kier alpha value is -2.31. The van der Waals surface area contributed by atoms with Crippen LogP contribution >= 0.6 is 0 Å². The molecule has 3 rings (SSSR count). The van der Waals surface area contributed by atoms with Crippen LogP contribution in [0.3, 0.4) is 0 Å². The largest absolute Gasteiger partial charge is 0.340 e. The van der Waals surface area contributed by atoms with E-state index >= 15 is 0 Å². The zero-order valence-electron chi connectivity index (χ0n) is 16.4. The third-order valence-electron chi connectivity index (χ3n) is 5.53. The maximum absolute atomic E-state index is 13.4. The molecule has 7 heteroatoms. The van der Waals surface area contributed by atoms with E-state index in [1.165, 1.54) is 12.1 Å². The zero-order chi connectivity index (χ0) is 19.4. The number of nitrogens with zero attached hydrogens (tertiary/aromatic N) is 5. The van der Waals surface area contributed by atoms with Gasteiger partial charge in [-0.2, -0.15) is 0 Å². The summed E-state index contributed by atoms with van der Waals surface area (Å²) < 4.78 is 14.9. The third kappa shape index (κ3) is 4.51. The molecule has 0 N–H and O–H groups in total. The number of likely N-dealkylation sites (tertiary alicyclic amines) is 1. The van der Waals surface area contributed by atoms with Gasteiger partial charge in [-0.1, -0.05) is 32.4 Å². The van der Waals surface area contributed by atoms with E-state index in [0.717, 1.165) is 44.3 Å². The number of carbonyl (C=O) groups is 1. The number of rotatable bonds is 6. The number of aryl methyl sites for hydroxylation is 1. The molecule has 1 aromatic heterocycles. The SMILES string of the molecule is CCC[C@]1(C)CCCN(C(=O)[C@H](Cc2ccc(F)cc2)n2nnnc2C)C1. The highest BCUT2D eigenvalue weighted by Crippen LogP contribution is 2.35. The highest BCUT2D eigenvalue weighted by molar-refractivity contribution is 5.81. The number of carbonyl (C=O) groups excluding carboxylic acids is 1. The molecule has 1 fully saturated rings. The van der Waals surface area contributed by atoms with Gasteiger partial charge in [-0.05, 0) is 59.7 Å². The Morgan fingerprint density at radius 2 is 2.07 bits per heavy atom. The van der Waals surface area contributed by atoms with Crippen molar-refractivity contribution in [3.05, 3.63) is 41.5 Å². The van der Waals surface area contributed by atoms with Crippen molar-refractivity contribution in [2.75, 3.05) is 13.1 Å². The summed E-state index contributed by atoms with van der Waals surface area (Å²) in [6.45, 7) is 7.78. The fraction of sp³-hybridized carbons (Fsp3) is 0.600. The number of hydrogen-bond donors (Lipinski definition) is 0. The minimum absolute atomic E-state index is 0.0387. The molecule has 0 spiro atoms. The van der Waals surface area contributed by atoms with Gasteiger partial charge in [0.1, 0.15) is 17.7 Å². The lowest BCUT2D eigenvalue weighted by Gasteiger charge is -2.41. The van der Waals surface area contributed by atoms with Crippen LogP contribution in [0.2, 0.25) is 0 Å². The quantitative estimate of drug-likeness (QED) is 0.779. The van der Waals surface area contributed by atoms with Crippen molar-refractivity contribution in [1.29, 1.82) is 0 Å². The predicted molar refractivity (Wildman–Crippen MR) is 101 cm³/mol. The Morgan fingerprint density at radius 3 is 2.70 bits per heavy atom. The first-order chi connectivity index (χ1) is 12.9. The molecule has 1 aliphatic rings. The second-order valence-electron chi connectivity index (χ2n) is 7.94. The summed E-state index contributed by atoms with van der Waals surface area (Å²) in [5.74, 6) is 0.354. The first-order valence-corrected chi connectivity index (χ1v) is 9.69. The molecule has 0 unspecified atom stereocenters. The van der Waals surface area contributed by atoms with Crippen molar-refractivity contribution in [1.82, 2.24) is 25.1 Å². The number of amides is 1. The highest BCUT2D eigenvalue weighted by Gasteiger charge is 2.36. The zero-order valence-corrected chi connectivity index (χ0v) is 16.4. The van der Waals surface area contributed by atoms with Crippen molar-refractivity contribution in [3.8, 4) is 0 Å². The maximum Gasteiger partial charge on any atom is 0.247 e. The Morgan fingerprint density at radius 1 is 1.33 bits per heavy atom. The van der Waals surface area contributed by atoms with Gasteiger partial charge in [-0.25, -0.2) is 9.07 Å². The van der Waals surface area contributed by atoms with Crippen LogP contribution in [0.1, 0.15) is 57.0 Å². The molecule has 2 aromatic rings. The van der Waals surface area contributed by atoms with Crippen LogP contribution in [0, 0.1) is 18.2 Å². The molecule has 2 heterocycles. The molecule has 6 nitrogen and oxygen atoms in total. The number of halogens is 1. The minimum atomic E-state index is -0.519. The summed E-state index contributed by atoms with van der Waals surface area (Å²) >= 11 is 0. The topological polar surface area (TPSA) is 63.9 Å². The predicted octanol–water partition coefficient (Wildman–Crippen LogP) is 3.33. The smallest absolute Gasteiger partial charge is 0.247 e. The van der Waals surface area contributed by atoms with Gasteiger partial charge in [0.25, 0.3) is 0 Å². The van der Waals surface area contributed by atoms with Gasteiger partial charge in [0.05, 0.1) is 0 Å². The Kier molecular flexibility index (Phi) is 5.87. The Labute approximate surface area is 159 Å². The number of benzene rings is 1. The standard InChI is InChI=1S/C20H28FN5O/c1-4-10-20(3)11-5-12-25(14-20)19(27)18(26-15(2)22-23-24-26)13-16-6-8-17(21)9-7-16/h6-9,18H,4-5,10-14H2,1-3H3/t18-,20+/m0/s1. The number of aromatic nitrogens is 4. The van der Waals surface area contributed by atoms with Crippen LogP contribution in [-0.4, -0.2) is 44.1 Å². The van der Waals surface area contributed by atoms with E-state index in [0.29, 0.717) is 12.2 Å². The molecule has 1 saturated heterocycles. The monoisotopic (exact) mass is 373 g/mol. The number of hydrogen-bond acceptors (Lipinski definition) is 4. The first kappa shape index (κ1) is 19.5. The van der Waals surface area contributed by atoms with E-state index in [1.807, 2.05) is 4.90 Å². The van der Waals surface area contributed by atoms with E-state index in [-0.39, 0.29) is 17.1 Å². The van der Waals surface area contributed by atoms with E-state index in [9.17, 15) is 9.18 Å². The van der Waals surface area contributed by atoms with Gasteiger partial charge < -0.3 is 4.90 Å². The van der Waals surface area contributed by atoms with Crippen molar-refractivity contribution in [3.63, 3.8) is 0 Å². The molecule has 1 aliphatic heterocycles. The summed E-state index contributed by atoms with van der Waals surface area (Å²) in [4.78, 5) is 15.4. The van der Waals surface area contributed by atoms with Gasteiger partial charge in [0.15, 0.2) is 0 Å². The molecule has 2 atom stereocenters. The van der Waals surface area contributed by atoms with Gasteiger partial charge in [0, 0.05) is 19.5 Å². The van der Waals surface area contributed by atoms with Crippen LogP contribution < -0.4 is 0 Å². The fourth-order valence-corrected chi connectivity index (χ4v) is 4.17. The van der Waals surface area contributed by atoms with Crippen molar-refractivity contribution in [2.24, 2.45) is 5.41 Å². The molecule has 0 radical (unpaired) electrons. The lowest BCUT2D eigenvalue weighted by atomic mass is 9.78. The third-order valence-corrected chi connectivity index (χ3v) is 5.53. The summed E-state index contributed by atoms with van der Waals surface area (Å²) in [6, 6.07) is 5.75. The second kappa shape index (κ2) is 8.15. The molecule has 0 saturated carbocycles. The van der Waals surface area contributed by atoms with Gasteiger partial charge in [-0.3, -0.25) is 4.79 Å². The molecule has 1 amide bonds. The van der Waals surface area contributed by atoms with E-state index in [4.69, 9.17) is 0 Å². The number of piperidine rings is 1. The van der Waals surface area contributed by atoms with Crippen molar-refractivity contribution < 1.29 is 9.18 Å². The van der Waals surface area contributed by atoms with Crippen LogP contribution in [0.4, 0.5) is 4.39 Å². The Balaban J connectivity index is 1.84. The van der Waals surface area contributed by atoms with Crippen LogP contribution in [-0.2, 0) is 11.2 Å². The lowest BCUT2D eigenvalue weighted by Crippen LogP contribution is -2.48. The number of tetrazole rings is 1. The Bertz CT molecular complexity index is 771. The molecule has 0 aliphatic carbocycles. The summed E-state index contributed by atoms with van der Waals surface area (Å²) in [5.41, 5.74) is 1.05. The molecular weight excluding hydrogens is 345 g/mol. The average molecular weight is 373 g/mol. The van der Waals surface area contributed by atoms with Crippen LogP contribution in [0.15, 0.2) is 24.3 Å². The molecular formula is C20H28FN5O. The van der Waals surface area contributed by atoms with Crippen LogP contribution in [0.5, 0.6) is 0 Å². The van der Waals surface area contributed by atoms with Gasteiger partial charge in [-0.15, -0.1) is 5.10 Å². The first-order valence-electron chi connectivity index (χ1n) is 9.69. The highest BCUT2D eigenvalue weighted by atomic mass is 19.1. The molecule has 1 aromatic carbocycles. The normalized spacial score (nSPS) is 21.3. The van der Waals surface area contributed by atoms with Crippen molar-refractivity contribution >= 4 is 5.91 Å². The summed E-state index contributed by atoms with van der Waals surface area (Å²) in [7, 11) is 0. The van der Waals surface area contributed by atoms with E-state index < -0.39 is 6.04 Å². The van der Waals surface area contributed by atoms with E-state index in [2.05, 4.69) is 29.4 Å². The minimum Gasteiger partial charge on any atom is -0.340 e.